The third-order valence-electron chi connectivity index (χ3n) is 3.96. The van der Waals surface area contributed by atoms with Crippen molar-refractivity contribution in [1.82, 2.24) is 34.9 Å². The number of ether oxygens (including phenoxy) is 1. The van der Waals surface area contributed by atoms with Crippen LogP contribution in [0.4, 0.5) is 0 Å². The highest BCUT2D eigenvalue weighted by Gasteiger charge is 2.19. The summed E-state index contributed by atoms with van der Waals surface area (Å²) in [4.78, 5) is 20.9. The van der Waals surface area contributed by atoms with Gasteiger partial charge in [-0.15, -0.1) is 24.8 Å². The minimum absolute atomic E-state index is 0. The number of likely N-dealkylation sites (N-methyl/N-ethyl adjacent to an activating group) is 1. The summed E-state index contributed by atoms with van der Waals surface area (Å²) < 4.78 is 9.07. The van der Waals surface area contributed by atoms with E-state index in [0.29, 0.717) is 24.8 Å². The van der Waals surface area contributed by atoms with E-state index in [1.807, 2.05) is 6.20 Å². The van der Waals surface area contributed by atoms with E-state index in [9.17, 15) is 4.79 Å². The van der Waals surface area contributed by atoms with Crippen molar-refractivity contribution in [2.75, 3.05) is 33.9 Å². The molecule has 0 saturated carbocycles. The van der Waals surface area contributed by atoms with E-state index in [1.54, 1.807) is 18.8 Å². The third kappa shape index (κ3) is 5.16. The molecule has 3 heterocycles. The van der Waals surface area contributed by atoms with Crippen LogP contribution in [-0.2, 0) is 35.5 Å². The molecule has 0 saturated heterocycles. The second kappa shape index (κ2) is 10.5. The SMILES string of the molecule is CNC(=O)Cc1nc(-c2cn3c(n2)CCNCC3)n(CCOC)n1.Cl.Cl. The van der Waals surface area contributed by atoms with Gasteiger partial charge in [0.15, 0.2) is 11.6 Å². The molecule has 26 heavy (non-hydrogen) atoms. The van der Waals surface area contributed by atoms with Crippen LogP contribution < -0.4 is 10.6 Å². The first-order valence-corrected chi connectivity index (χ1v) is 8.11. The number of fused-ring (bicyclic) bond motifs is 1. The second-order valence-electron chi connectivity index (χ2n) is 5.65. The normalized spacial score (nSPS) is 13.2. The van der Waals surface area contributed by atoms with E-state index in [0.717, 1.165) is 37.6 Å². The number of methoxy groups -OCH3 is 1. The van der Waals surface area contributed by atoms with Gasteiger partial charge in [0.1, 0.15) is 11.5 Å². The molecule has 0 atom stereocenters. The maximum atomic E-state index is 11.6. The number of carbonyl (C=O) groups is 1. The van der Waals surface area contributed by atoms with E-state index >= 15 is 0 Å². The zero-order valence-corrected chi connectivity index (χ0v) is 16.5. The number of halogens is 2. The maximum Gasteiger partial charge on any atom is 0.227 e. The van der Waals surface area contributed by atoms with E-state index in [4.69, 9.17) is 9.72 Å². The Kier molecular flexibility index (Phi) is 9.00. The number of nitrogens with zero attached hydrogens (tertiary/aromatic N) is 5. The highest BCUT2D eigenvalue weighted by Crippen LogP contribution is 2.18. The smallest absolute Gasteiger partial charge is 0.227 e. The quantitative estimate of drug-likeness (QED) is 0.705. The minimum atomic E-state index is -0.114. The van der Waals surface area contributed by atoms with Crippen molar-refractivity contribution in [3.8, 4) is 11.5 Å². The predicted molar refractivity (Wildman–Crippen MR) is 102 cm³/mol. The largest absolute Gasteiger partial charge is 0.383 e. The molecule has 146 valence electrons. The van der Waals surface area contributed by atoms with Crippen molar-refractivity contribution in [2.24, 2.45) is 0 Å². The number of imidazole rings is 1. The van der Waals surface area contributed by atoms with Gasteiger partial charge in [-0.25, -0.2) is 14.6 Å². The van der Waals surface area contributed by atoms with Crippen LogP contribution in [0.5, 0.6) is 0 Å². The first-order valence-electron chi connectivity index (χ1n) is 8.11. The molecule has 0 spiro atoms. The molecule has 0 unspecified atom stereocenters. The molecule has 2 N–H and O–H groups in total. The van der Waals surface area contributed by atoms with Crippen molar-refractivity contribution in [1.29, 1.82) is 0 Å². The molecule has 1 aliphatic heterocycles. The third-order valence-corrected chi connectivity index (χ3v) is 3.96. The van der Waals surface area contributed by atoms with Crippen LogP contribution in [0.1, 0.15) is 11.6 Å². The lowest BCUT2D eigenvalue weighted by Gasteiger charge is -2.03. The molecule has 0 bridgehead atoms. The Labute approximate surface area is 164 Å². The lowest BCUT2D eigenvalue weighted by molar-refractivity contribution is -0.120. The summed E-state index contributed by atoms with van der Waals surface area (Å²) in [6, 6.07) is 0. The second-order valence-corrected chi connectivity index (χ2v) is 5.65. The Balaban J connectivity index is 0.00000169. The summed E-state index contributed by atoms with van der Waals surface area (Å²) in [6.45, 7) is 3.83. The van der Waals surface area contributed by atoms with Gasteiger partial charge in [0.05, 0.1) is 19.6 Å². The monoisotopic (exact) mass is 405 g/mol. The first kappa shape index (κ1) is 22.4. The van der Waals surface area contributed by atoms with Crippen molar-refractivity contribution >= 4 is 30.7 Å². The zero-order valence-electron chi connectivity index (χ0n) is 14.9. The highest BCUT2D eigenvalue weighted by atomic mass is 35.5. The van der Waals surface area contributed by atoms with Crippen LogP contribution in [0.2, 0.25) is 0 Å². The fraction of sp³-hybridized carbons (Fsp3) is 0.600. The average molecular weight is 406 g/mol. The van der Waals surface area contributed by atoms with Gasteiger partial charge >= 0.3 is 0 Å². The molecule has 9 nitrogen and oxygen atoms in total. The highest BCUT2D eigenvalue weighted by molar-refractivity contribution is 5.85. The Morgan fingerprint density at radius 2 is 2.15 bits per heavy atom. The number of hydrogen-bond donors (Lipinski definition) is 2. The molecule has 0 fully saturated rings. The van der Waals surface area contributed by atoms with Crippen LogP contribution >= 0.6 is 24.8 Å². The standard InChI is InChI=1S/C15H23N7O2.2ClH/c1-16-14(23)9-12-19-15(22(20-12)7-8-24-2)11-10-21-6-5-17-4-3-13(21)18-11;;/h10,17H,3-9H2,1-2H3,(H,16,23);2*1H. The van der Waals surface area contributed by atoms with Gasteiger partial charge in [0, 0.05) is 46.4 Å². The zero-order chi connectivity index (χ0) is 16.9. The average Bonchev–Trinajstić information content (AvgIpc) is 3.10. The summed E-state index contributed by atoms with van der Waals surface area (Å²) in [6.07, 6.45) is 3.05. The fourth-order valence-electron chi connectivity index (χ4n) is 2.70. The van der Waals surface area contributed by atoms with Gasteiger partial charge in [-0.3, -0.25) is 4.79 Å². The molecular formula is C15H25Cl2N7O2. The van der Waals surface area contributed by atoms with Crippen LogP contribution in [0.25, 0.3) is 11.5 Å². The first-order chi connectivity index (χ1) is 11.7. The topological polar surface area (TPSA) is 98.9 Å². The van der Waals surface area contributed by atoms with Gasteiger partial charge in [-0.2, -0.15) is 5.10 Å². The van der Waals surface area contributed by atoms with Gasteiger partial charge in [0.2, 0.25) is 5.91 Å². The minimum Gasteiger partial charge on any atom is -0.383 e. The lowest BCUT2D eigenvalue weighted by atomic mass is 10.4. The molecule has 0 aromatic carbocycles. The number of nitrogens with one attached hydrogen (secondary N) is 2. The summed E-state index contributed by atoms with van der Waals surface area (Å²) in [7, 11) is 3.25. The van der Waals surface area contributed by atoms with Gasteiger partial charge in [0.25, 0.3) is 0 Å². The Morgan fingerprint density at radius 3 is 2.88 bits per heavy atom. The number of amides is 1. The summed E-state index contributed by atoms with van der Waals surface area (Å²) in [5.74, 6) is 2.10. The molecule has 3 rings (SSSR count). The summed E-state index contributed by atoms with van der Waals surface area (Å²) >= 11 is 0. The molecule has 1 aliphatic rings. The summed E-state index contributed by atoms with van der Waals surface area (Å²) in [5.41, 5.74) is 0.790. The molecule has 2 aromatic rings. The number of hydrogen-bond acceptors (Lipinski definition) is 6. The fourth-order valence-corrected chi connectivity index (χ4v) is 2.70. The Morgan fingerprint density at radius 1 is 1.35 bits per heavy atom. The molecule has 11 heteroatoms. The molecular weight excluding hydrogens is 381 g/mol. The Bertz CT molecular complexity index is 693. The van der Waals surface area contributed by atoms with E-state index in [2.05, 4.69) is 25.3 Å². The van der Waals surface area contributed by atoms with Gasteiger partial charge < -0.3 is 19.9 Å². The maximum absolute atomic E-state index is 11.6. The van der Waals surface area contributed by atoms with Gasteiger partial charge in [-0.1, -0.05) is 0 Å². The van der Waals surface area contributed by atoms with E-state index in [-0.39, 0.29) is 37.1 Å². The molecule has 1 amide bonds. The van der Waals surface area contributed by atoms with E-state index in [1.165, 1.54) is 0 Å². The number of rotatable bonds is 6. The van der Waals surface area contributed by atoms with Crippen LogP contribution in [0.3, 0.4) is 0 Å². The summed E-state index contributed by atoms with van der Waals surface area (Å²) in [5, 5.41) is 10.4. The predicted octanol–water partition coefficient (Wildman–Crippen LogP) is 0.0658. The molecule has 2 aromatic heterocycles. The lowest BCUT2D eigenvalue weighted by Crippen LogP contribution is -2.20. The number of carbonyl (C=O) groups excluding carboxylic acids is 1. The van der Waals surface area contributed by atoms with Crippen LogP contribution in [-0.4, -0.2) is 64.1 Å². The van der Waals surface area contributed by atoms with Crippen LogP contribution in [0.15, 0.2) is 6.20 Å². The van der Waals surface area contributed by atoms with Crippen molar-refractivity contribution in [3.63, 3.8) is 0 Å². The van der Waals surface area contributed by atoms with Crippen molar-refractivity contribution in [2.45, 2.75) is 25.9 Å². The van der Waals surface area contributed by atoms with Gasteiger partial charge in [-0.05, 0) is 0 Å². The van der Waals surface area contributed by atoms with Crippen molar-refractivity contribution in [3.05, 3.63) is 17.8 Å². The van der Waals surface area contributed by atoms with Crippen molar-refractivity contribution < 1.29 is 9.53 Å². The Hall–Kier alpha value is -1.68. The molecule has 0 radical (unpaired) electrons. The molecule has 0 aliphatic carbocycles. The van der Waals surface area contributed by atoms with Crippen LogP contribution in [0, 0.1) is 0 Å². The number of aromatic nitrogens is 5. The van der Waals surface area contributed by atoms with E-state index < -0.39 is 0 Å².